The van der Waals surface area contributed by atoms with Crippen LogP contribution in [0, 0.1) is 17.3 Å². The lowest BCUT2D eigenvalue weighted by Gasteiger charge is -2.49. The predicted molar refractivity (Wildman–Crippen MR) is 91.8 cm³/mol. The summed E-state index contributed by atoms with van der Waals surface area (Å²) >= 11 is 0. The van der Waals surface area contributed by atoms with Crippen molar-refractivity contribution in [3.63, 3.8) is 0 Å². The molecule has 0 aromatic rings. The van der Waals surface area contributed by atoms with Crippen molar-refractivity contribution in [1.82, 2.24) is 0 Å². The van der Waals surface area contributed by atoms with Crippen LogP contribution in [0.5, 0.6) is 0 Å². The number of rotatable bonds is 3. The van der Waals surface area contributed by atoms with Crippen LogP contribution in [-0.2, 0) is 14.3 Å². The molecule has 0 spiro atoms. The molecule has 2 aliphatic carbocycles. The summed E-state index contributed by atoms with van der Waals surface area (Å²) in [5.41, 5.74) is 2.66. The average Bonchev–Trinajstić information content (AvgIpc) is 2.50. The Labute approximate surface area is 139 Å². The quantitative estimate of drug-likeness (QED) is 0.440. The van der Waals surface area contributed by atoms with Gasteiger partial charge in [0, 0.05) is 17.4 Å². The second-order valence-corrected chi connectivity index (χ2v) is 7.34. The van der Waals surface area contributed by atoms with Gasteiger partial charge in [-0.25, -0.2) is 4.79 Å². The smallest absolute Gasteiger partial charge is 0.333 e. The highest BCUT2D eigenvalue weighted by atomic mass is 16.5. The standard InChI is InChI=1S/C20H28O3/c1-7-13(4)19(22)23-18-9-8-15-10-17(21)16(12(2)3)11-20(15,6)14(18)5/h7,10,14,16,18H,2,8-9,11H2,1,3-6H3/b13-7+. The minimum Gasteiger partial charge on any atom is -0.459 e. The van der Waals surface area contributed by atoms with E-state index >= 15 is 0 Å². The number of ether oxygens (including phenoxy) is 1. The largest absolute Gasteiger partial charge is 0.459 e. The Morgan fingerprint density at radius 2 is 2.09 bits per heavy atom. The molecule has 0 aliphatic heterocycles. The van der Waals surface area contributed by atoms with Crippen molar-refractivity contribution in [3.05, 3.63) is 35.5 Å². The highest BCUT2D eigenvalue weighted by Crippen LogP contribution is 2.53. The fourth-order valence-electron chi connectivity index (χ4n) is 3.81. The number of hydrogen-bond donors (Lipinski definition) is 0. The molecule has 0 radical (unpaired) electrons. The first-order valence-electron chi connectivity index (χ1n) is 8.45. The molecular formula is C20H28O3. The first-order chi connectivity index (χ1) is 10.7. The first-order valence-corrected chi connectivity index (χ1v) is 8.45. The van der Waals surface area contributed by atoms with E-state index < -0.39 is 0 Å². The molecule has 2 rings (SSSR count). The van der Waals surface area contributed by atoms with Crippen LogP contribution in [0.4, 0.5) is 0 Å². The number of carbonyl (C=O) groups is 2. The Morgan fingerprint density at radius 1 is 1.43 bits per heavy atom. The van der Waals surface area contributed by atoms with Gasteiger partial charge in [-0.3, -0.25) is 4.79 Å². The number of allylic oxidation sites excluding steroid dienone is 4. The van der Waals surface area contributed by atoms with Crippen molar-refractivity contribution < 1.29 is 14.3 Å². The predicted octanol–water partition coefficient (Wildman–Crippen LogP) is 4.39. The Hall–Kier alpha value is -1.64. The maximum absolute atomic E-state index is 12.3. The lowest BCUT2D eigenvalue weighted by atomic mass is 9.57. The molecule has 0 bridgehead atoms. The summed E-state index contributed by atoms with van der Waals surface area (Å²) in [7, 11) is 0. The van der Waals surface area contributed by atoms with E-state index in [1.165, 1.54) is 5.57 Å². The van der Waals surface area contributed by atoms with Gasteiger partial charge < -0.3 is 4.74 Å². The maximum Gasteiger partial charge on any atom is 0.333 e. The summed E-state index contributed by atoms with van der Waals surface area (Å²) in [6.07, 6.45) is 5.88. The van der Waals surface area contributed by atoms with Gasteiger partial charge in [0.15, 0.2) is 5.78 Å². The molecular weight excluding hydrogens is 288 g/mol. The van der Waals surface area contributed by atoms with Crippen LogP contribution in [0.25, 0.3) is 0 Å². The summed E-state index contributed by atoms with van der Waals surface area (Å²) in [6.45, 7) is 13.9. The van der Waals surface area contributed by atoms with E-state index in [-0.39, 0.29) is 35.1 Å². The molecule has 3 nitrogen and oxygen atoms in total. The van der Waals surface area contributed by atoms with Gasteiger partial charge >= 0.3 is 5.97 Å². The van der Waals surface area contributed by atoms with E-state index in [2.05, 4.69) is 20.4 Å². The van der Waals surface area contributed by atoms with Gasteiger partial charge in [-0.05, 0) is 51.5 Å². The van der Waals surface area contributed by atoms with Gasteiger partial charge in [-0.1, -0.05) is 37.6 Å². The second-order valence-electron chi connectivity index (χ2n) is 7.34. The zero-order valence-electron chi connectivity index (χ0n) is 14.9. The molecule has 4 unspecified atom stereocenters. The molecule has 4 atom stereocenters. The number of carbonyl (C=O) groups excluding carboxylic acids is 2. The fraction of sp³-hybridized carbons (Fsp3) is 0.600. The molecule has 0 amide bonds. The molecule has 2 aliphatic rings. The van der Waals surface area contributed by atoms with Crippen LogP contribution in [0.2, 0.25) is 0 Å². The second kappa shape index (κ2) is 6.46. The van der Waals surface area contributed by atoms with Crippen molar-refractivity contribution in [3.8, 4) is 0 Å². The zero-order valence-corrected chi connectivity index (χ0v) is 14.9. The van der Waals surface area contributed by atoms with Crippen molar-refractivity contribution in [2.24, 2.45) is 17.3 Å². The highest BCUT2D eigenvalue weighted by molar-refractivity contribution is 5.95. The number of esters is 1. The fourth-order valence-corrected chi connectivity index (χ4v) is 3.81. The van der Waals surface area contributed by atoms with Crippen LogP contribution in [0.3, 0.4) is 0 Å². The topological polar surface area (TPSA) is 43.4 Å². The van der Waals surface area contributed by atoms with E-state index in [1.54, 1.807) is 13.0 Å². The molecule has 0 aromatic carbocycles. The Balaban J connectivity index is 2.25. The molecule has 0 N–H and O–H groups in total. The molecule has 3 heteroatoms. The summed E-state index contributed by atoms with van der Waals surface area (Å²) in [5, 5.41) is 0. The molecule has 23 heavy (non-hydrogen) atoms. The Bertz CT molecular complexity index is 596. The van der Waals surface area contributed by atoms with E-state index in [0.29, 0.717) is 5.57 Å². The van der Waals surface area contributed by atoms with Crippen LogP contribution in [0.1, 0.15) is 53.9 Å². The summed E-state index contributed by atoms with van der Waals surface area (Å²) in [6, 6.07) is 0. The molecule has 1 saturated carbocycles. The number of hydrogen-bond acceptors (Lipinski definition) is 3. The summed E-state index contributed by atoms with van der Waals surface area (Å²) < 4.78 is 5.75. The van der Waals surface area contributed by atoms with Crippen LogP contribution >= 0.6 is 0 Å². The number of fused-ring (bicyclic) bond motifs is 1. The average molecular weight is 316 g/mol. The zero-order chi connectivity index (χ0) is 17.4. The summed E-state index contributed by atoms with van der Waals surface area (Å²) in [4.78, 5) is 24.4. The Kier molecular flexibility index (Phi) is 4.98. The van der Waals surface area contributed by atoms with Gasteiger partial charge in [-0.2, -0.15) is 0 Å². The van der Waals surface area contributed by atoms with Crippen molar-refractivity contribution in [2.75, 3.05) is 0 Å². The Morgan fingerprint density at radius 3 is 2.65 bits per heavy atom. The SMILES string of the molecule is C=C(C)C1CC2(C)C(=CC1=O)CCC(OC(=O)/C(C)=C/C)C2C. The lowest BCUT2D eigenvalue weighted by Crippen LogP contribution is -2.46. The molecule has 0 heterocycles. The normalized spacial score (nSPS) is 34.5. The third-order valence-electron chi connectivity index (χ3n) is 5.89. The van der Waals surface area contributed by atoms with Crippen molar-refractivity contribution >= 4 is 11.8 Å². The van der Waals surface area contributed by atoms with E-state index in [1.807, 2.05) is 19.9 Å². The van der Waals surface area contributed by atoms with Gasteiger partial charge in [0.05, 0.1) is 0 Å². The lowest BCUT2D eigenvalue weighted by molar-refractivity contribution is -0.151. The molecule has 1 fully saturated rings. The first kappa shape index (κ1) is 17.7. The highest BCUT2D eigenvalue weighted by Gasteiger charge is 2.48. The number of ketones is 1. The maximum atomic E-state index is 12.3. The minimum absolute atomic E-state index is 0.0986. The summed E-state index contributed by atoms with van der Waals surface area (Å²) in [5.74, 6) is 0.0186. The van der Waals surface area contributed by atoms with Crippen LogP contribution in [-0.4, -0.2) is 17.9 Å². The van der Waals surface area contributed by atoms with E-state index in [0.717, 1.165) is 24.8 Å². The van der Waals surface area contributed by atoms with E-state index in [4.69, 9.17) is 4.74 Å². The van der Waals surface area contributed by atoms with Crippen LogP contribution in [0.15, 0.2) is 35.5 Å². The monoisotopic (exact) mass is 316 g/mol. The van der Waals surface area contributed by atoms with Crippen molar-refractivity contribution in [2.45, 2.75) is 60.0 Å². The van der Waals surface area contributed by atoms with Crippen molar-refractivity contribution in [1.29, 1.82) is 0 Å². The van der Waals surface area contributed by atoms with Gasteiger partial charge in [0.1, 0.15) is 6.10 Å². The minimum atomic E-state index is -0.233. The van der Waals surface area contributed by atoms with Gasteiger partial charge in [-0.15, -0.1) is 0 Å². The molecule has 0 aromatic heterocycles. The van der Waals surface area contributed by atoms with Crippen LogP contribution < -0.4 is 0 Å². The third kappa shape index (κ3) is 3.19. The van der Waals surface area contributed by atoms with E-state index in [9.17, 15) is 9.59 Å². The van der Waals surface area contributed by atoms with Gasteiger partial charge in [0.25, 0.3) is 0 Å². The van der Waals surface area contributed by atoms with Gasteiger partial charge in [0.2, 0.25) is 0 Å². The molecule has 0 saturated heterocycles. The third-order valence-corrected chi connectivity index (χ3v) is 5.89. The molecule has 126 valence electrons.